The first kappa shape index (κ1) is 11.7. The third-order valence-corrected chi connectivity index (χ3v) is 3.54. The van der Waals surface area contributed by atoms with Crippen LogP contribution in [0, 0.1) is 5.92 Å². The van der Waals surface area contributed by atoms with Gasteiger partial charge in [0.15, 0.2) is 0 Å². The van der Waals surface area contributed by atoms with Gasteiger partial charge in [0.2, 0.25) is 11.6 Å². The number of carbonyl (C=O) groups is 2. The zero-order valence-electron chi connectivity index (χ0n) is 9.63. The van der Waals surface area contributed by atoms with Gasteiger partial charge in [-0.15, -0.1) is 0 Å². The standard InChI is InChI=1S/C12H20N2O2/c15-11(9-4-3-6-13-8-9)12(16)10-5-1-2-7-14-10/h9-10,13-14H,1-8H2. The van der Waals surface area contributed by atoms with E-state index in [1.165, 1.54) is 0 Å². The molecule has 0 aromatic carbocycles. The van der Waals surface area contributed by atoms with Crippen LogP contribution >= 0.6 is 0 Å². The molecule has 0 saturated carbocycles. The predicted octanol–water partition coefficient (Wildman–Crippen LogP) is 0.266. The largest absolute Gasteiger partial charge is 0.316 e. The highest BCUT2D eigenvalue weighted by Gasteiger charge is 2.32. The van der Waals surface area contributed by atoms with Crippen molar-refractivity contribution in [1.29, 1.82) is 0 Å². The van der Waals surface area contributed by atoms with Gasteiger partial charge >= 0.3 is 0 Å². The molecule has 0 radical (unpaired) electrons. The number of Topliss-reactive ketones (excluding diaryl/α,β-unsaturated/α-hetero) is 2. The first-order chi connectivity index (χ1) is 7.79. The van der Waals surface area contributed by atoms with Crippen molar-refractivity contribution in [1.82, 2.24) is 10.6 Å². The van der Waals surface area contributed by atoms with Gasteiger partial charge in [-0.05, 0) is 38.8 Å². The van der Waals surface area contributed by atoms with Gasteiger partial charge < -0.3 is 10.6 Å². The van der Waals surface area contributed by atoms with Crippen molar-refractivity contribution in [2.24, 2.45) is 5.92 Å². The van der Waals surface area contributed by atoms with Gasteiger partial charge in [-0.1, -0.05) is 6.42 Å². The van der Waals surface area contributed by atoms with Crippen LogP contribution in [-0.2, 0) is 9.59 Å². The molecule has 2 unspecified atom stereocenters. The SMILES string of the molecule is O=C(C(=O)C1CCCCN1)C1CCCNC1. The van der Waals surface area contributed by atoms with E-state index in [2.05, 4.69) is 10.6 Å². The summed E-state index contributed by atoms with van der Waals surface area (Å²) in [6.45, 7) is 2.52. The molecule has 90 valence electrons. The van der Waals surface area contributed by atoms with E-state index >= 15 is 0 Å². The highest BCUT2D eigenvalue weighted by Crippen LogP contribution is 2.15. The fourth-order valence-corrected chi connectivity index (χ4v) is 2.52. The molecule has 4 heteroatoms. The second-order valence-electron chi connectivity index (χ2n) is 4.77. The third kappa shape index (κ3) is 2.68. The van der Waals surface area contributed by atoms with E-state index in [9.17, 15) is 9.59 Å². The van der Waals surface area contributed by atoms with E-state index in [-0.39, 0.29) is 23.5 Å². The van der Waals surface area contributed by atoms with Crippen molar-refractivity contribution >= 4 is 11.6 Å². The first-order valence-electron chi connectivity index (χ1n) is 6.31. The van der Waals surface area contributed by atoms with Crippen molar-refractivity contribution in [3.8, 4) is 0 Å². The van der Waals surface area contributed by atoms with Gasteiger partial charge in [-0.2, -0.15) is 0 Å². The maximum Gasteiger partial charge on any atom is 0.215 e. The lowest BCUT2D eigenvalue weighted by molar-refractivity contribution is -0.140. The second kappa shape index (κ2) is 5.55. The Kier molecular flexibility index (Phi) is 4.07. The maximum atomic E-state index is 12.0. The van der Waals surface area contributed by atoms with Crippen molar-refractivity contribution < 1.29 is 9.59 Å². The molecular weight excluding hydrogens is 204 g/mol. The fourth-order valence-electron chi connectivity index (χ4n) is 2.52. The van der Waals surface area contributed by atoms with Crippen molar-refractivity contribution in [3.63, 3.8) is 0 Å². The molecule has 0 amide bonds. The Bertz CT molecular complexity index is 238. The Hall–Kier alpha value is -0.740. The molecule has 16 heavy (non-hydrogen) atoms. The third-order valence-electron chi connectivity index (χ3n) is 3.54. The van der Waals surface area contributed by atoms with Crippen molar-refractivity contribution in [3.05, 3.63) is 0 Å². The number of nitrogens with one attached hydrogen (secondary N) is 2. The van der Waals surface area contributed by atoms with E-state index in [1.807, 2.05) is 0 Å². The van der Waals surface area contributed by atoms with Gasteiger partial charge in [0.05, 0.1) is 6.04 Å². The summed E-state index contributed by atoms with van der Waals surface area (Å²) in [7, 11) is 0. The topological polar surface area (TPSA) is 58.2 Å². The molecule has 2 atom stereocenters. The van der Waals surface area contributed by atoms with Gasteiger partial charge in [0, 0.05) is 12.5 Å². The number of carbonyl (C=O) groups excluding carboxylic acids is 2. The molecule has 2 saturated heterocycles. The van der Waals surface area contributed by atoms with Gasteiger partial charge in [0.1, 0.15) is 0 Å². The predicted molar refractivity (Wildman–Crippen MR) is 61.2 cm³/mol. The summed E-state index contributed by atoms with van der Waals surface area (Å²) >= 11 is 0. The van der Waals surface area contributed by atoms with E-state index < -0.39 is 0 Å². The molecule has 0 aromatic heterocycles. The normalized spacial score (nSPS) is 31.0. The van der Waals surface area contributed by atoms with Crippen molar-refractivity contribution in [2.75, 3.05) is 19.6 Å². The lowest BCUT2D eigenvalue weighted by Crippen LogP contribution is -2.47. The van der Waals surface area contributed by atoms with Crippen LogP contribution in [0.4, 0.5) is 0 Å². The summed E-state index contributed by atoms with van der Waals surface area (Å²) in [4.78, 5) is 23.9. The van der Waals surface area contributed by atoms with Crippen LogP contribution < -0.4 is 10.6 Å². The lowest BCUT2D eigenvalue weighted by Gasteiger charge is -2.25. The number of hydrogen-bond acceptors (Lipinski definition) is 4. The Balaban J connectivity index is 1.89. The number of ketones is 2. The average molecular weight is 224 g/mol. The van der Waals surface area contributed by atoms with Crippen molar-refractivity contribution in [2.45, 2.75) is 38.1 Å². The van der Waals surface area contributed by atoms with Crippen LogP contribution in [0.2, 0.25) is 0 Å². The minimum atomic E-state index is -0.205. The molecule has 2 aliphatic heterocycles. The molecule has 2 heterocycles. The fraction of sp³-hybridized carbons (Fsp3) is 0.833. The van der Waals surface area contributed by atoms with Crippen LogP contribution in [0.15, 0.2) is 0 Å². The van der Waals surface area contributed by atoms with E-state index in [0.29, 0.717) is 6.54 Å². The van der Waals surface area contributed by atoms with Crippen LogP contribution in [0.5, 0.6) is 0 Å². The summed E-state index contributed by atoms with van der Waals surface area (Å²) in [5, 5.41) is 6.33. The lowest BCUT2D eigenvalue weighted by atomic mass is 9.88. The van der Waals surface area contributed by atoms with E-state index in [0.717, 1.165) is 45.2 Å². The molecule has 2 rings (SSSR count). The molecule has 2 N–H and O–H groups in total. The summed E-state index contributed by atoms with van der Waals surface area (Å²) in [5.74, 6) is -0.426. The summed E-state index contributed by atoms with van der Waals surface area (Å²) in [5.41, 5.74) is 0. The van der Waals surface area contributed by atoms with E-state index in [4.69, 9.17) is 0 Å². The van der Waals surface area contributed by atoms with Gasteiger partial charge in [-0.25, -0.2) is 0 Å². The zero-order valence-corrected chi connectivity index (χ0v) is 9.63. The second-order valence-corrected chi connectivity index (χ2v) is 4.77. The maximum absolute atomic E-state index is 12.0. The molecule has 4 nitrogen and oxygen atoms in total. The number of hydrogen-bond donors (Lipinski definition) is 2. The Morgan fingerprint density at radius 2 is 1.81 bits per heavy atom. The quantitative estimate of drug-likeness (QED) is 0.675. The molecule has 2 fully saturated rings. The highest BCUT2D eigenvalue weighted by atomic mass is 16.2. The van der Waals surface area contributed by atoms with E-state index in [1.54, 1.807) is 0 Å². The number of piperidine rings is 2. The molecule has 0 spiro atoms. The highest BCUT2D eigenvalue weighted by molar-refractivity contribution is 6.40. The van der Waals surface area contributed by atoms with Crippen LogP contribution in [0.1, 0.15) is 32.1 Å². The van der Waals surface area contributed by atoms with Crippen LogP contribution in [-0.4, -0.2) is 37.2 Å². The molecular formula is C12H20N2O2. The Labute approximate surface area is 96.2 Å². The summed E-state index contributed by atoms with van der Waals surface area (Å²) < 4.78 is 0. The minimum absolute atomic E-state index is 0.0787. The average Bonchev–Trinajstić information content (AvgIpc) is 2.39. The van der Waals surface area contributed by atoms with Crippen LogP contribution in [0.25, 0.3) is 0 Å². The first-order valence-corrected chi connectivity index (χ1v) is 6.31. The Morgan fingerprint density at radius 1 is 0.938 bits per heavy atom. The summed E-state index contributed by atoms with van der Waals surface area (Å²) in [6, 6.07) is -0.205. The van der Waals surface area contributed by atoms with Gasteiger partial charge in [0.25, 0.3) is 0 Å². The zero-order chi connectivity index (χ0) is 11.4. The smallest absolute Gasteiger partial charge is 0.215 e. The monoisotopic (exact) mass is 224 g/mol. The minimum Gasteiger partial charge on any atom is -0.316 e. The molecule has 0 aliphatic carbocycles. The molecule has 0 bridgehead atoms. The number of rotatable bonds is 3. The molecule has 2 aliphatic rings. The molecule has 0 aromatic rings. The van der Waals surface area contributed by atoms with Gasteiger partial charge in [-0.3, -0.25) is 9.59 Å². The summed E-state index contributed by atoms with van der Waals surface area (Å²) in [6.07, 6.45) is 4.86. The van der Waals surface area contributed by atoms with Crippen LogP contribution in [0.3, 0.4) is 0 Å². The Morgan fingerprint density at radius 3 is 2.44 bits per heavy atom.